The molecule has 1 N–H and O–H groups in total. The van der Waals surface area contributed by atoms with E-state index in [-0.39, 0.29) is 0 Å². The minimum atomic E-state index is 0.337. The number of anilines is 1. The van der Waals surface area contributed by atoms with Crippen molar-refractivity contribution in [3.05, 3.63) is 29.8 Å². The normalized spacial score (nSPS) is 14.0. The third-order valence-electron chi connectivity index (χ3n) is 4.15. The first-order chi connectivity index (χ1) is 10.0. The van der Waals surface area contributed by atoms with Gasteiger partial charge in [0.25, 0.3) is 0 Å². The second-order valence-electron chi connectivity index (χ2n) is 6.59. The van der Waals surface area contributed by atoms with E-state index in [1.54, 1.807) is 0 Å². The van der Waals surface area contributed by atoms with Gasteiger partial charge in [0.15, 0.2) is 0 Å². The van der Waals surface area contributed by atoms with Crippen LogP contribution in [0.2, 0.25) is 0 Å². The van der Waals surface area contributed by atoms with E-state index < -0.39 is 0 Å². The summed E-state index contributed by atoms with van der Waals surface area (Å²) in [4.78, 5) is 2.52. The van der Waals surface area contributed by atoms with Crippen LogP contribution in [0.5, 0.6) is 0 Å². The monoisotopic (exact) mass is 290 g/mol. The lowest BCUT2D eigenvalue weighted by Crippen LogP contribution is -2.42. The first-order valence-electron chi connectivity index (χ1n) is 8.57. The molecule has 0 aliphatic heterocycles. The molecule has 120 valence electrons. The van der Waals surface area contributed by atoms with E-state index >= 15 is 0 Å². The molecular weight excluding hydrogens is 256 g/mol. The molecule has 0 aliphatic rings. The molecule has 0 saturated heterocycles. The second kappa shape index (κ2) is 9.09. The van der Waals surface area contributed by atoms with E-state index in [2.05, 4.69) is 69.1 Å². The number of hydrogen-bond acceptors (Lipinski definition) is 2. The number of hydrogen-bond donors (Lipinski definition) is 1. The van der Waals surface area contributed by atoms with Crippen molar-refractivity contribution >= 4 is 5.69 Å². The van der Waals surface area contributed by atoms with Crippen molar-refractivity contribution in [2.75, 3.05) is 31.1 Å². The average molecular weight is 290 g/mol. The predicted octanol–water partition coefficient (Wildman–Crippen LogP) is 4.63. The Labute approximate surface area is 131 Å². The maximum atomic E-state index is 3.63. The Bertz CT molecular complexity index is 402. The molecule has 0 fully saturated rings. The van der Waals surface area contributed by atoms with Gasteiger partial charge in [-0.1, -0.05) is 39.3 Å². The molecule has 1 atom stereocenters. The molecule has 0 spiro atoms. The number of aryl methyl sites for hydroxylation is 1. The Morgan fingerprint density at radius 3 is 2.48 bits per heavy atom. The summed E-state index contributed by atoms with van der Waals surface area (Å²) in [5, 5.41) is 3.63. The van der Waals surface area contributed by atoms with Gasteiger partial charge in [-0.3, -0.25) is 0 Å². The Hall–Kier alpha value is -1.02. The Kier molecular flexibility index (Phi) is 7.81. The van der Waals surface area contributed by atoms with Crippen LogP contribution in [-0.4, -0.2) is 26.2 Å². The van der Waals surface area contributed by atoms with Crippen molar-refractivity contribution in [2.24, 2.45) is 5.41 Å². The lowest BCUT2D eigenvalue weighted by molar-refractivity contribution is 0.281. The van der Waals surface area contributed by atoms with E-state index in [1.807, 2.05) is 0 Å². The zero-order valence-corrected chi connectivity index (χ0v) is 14.7. The fraction of sp³-hybridized carbons (Fsp3) is 0.684. The second-order valence-corrected chi connectivity index (χ2v) is 6.59. The van der Waals surface area contributed by atoms with Crippen molar-refractivity contribution in [3.8, 4) is 0 Å². The molecule has 21 heavy (non-hydrogen) atoms. The zero-order valence-electron chi connectivity index (χ0n) is 14.7. The highest BCUT2D eigenvalue weighted by Gasteiger charge is 2.25. The van der Waals surface area contributed by atoms with E-state index in [1.165, 1.54) is 30.5 Å². The quantitative estimate of drug-likeness (QED) is 0.632. The van der Waals surface area contributed by atoms with Crippen LogP contribution in [0, 0.1) is 12.3 Å². The summed E-state index contributed by atoms with van der Waals surface area (Å²) in [5.41, 5.74) is 3.03. The van der Waals surface area contributed by atoms with E-state index in [0.717, 1.165) is 26.2 Å². The summed E-state index contributed by atoms with van der Waals surface area (Å²) in [6, 6.07) is 8.88. The smallest absolute Gasteiger partial charge is 0.0368 e. The van der Waals surface area contributed by atoms with Crippen LogP contribution in [0.25, 0.3) is 0 Å². The molecule has 2 nitrogen and oxygen atoms in total. The minimum absolute atomic E-state index is 0.337. The maximum absolute atomic E-state index is 3.63. The van der Waals surface area contributed by atoms with Crippen LogP contribution in [0.3, 0.4) is 0 Å². The van der Waals surface area contributed by atoms with Crippen LogP contribution in [0.4, 0.5) is 5.69 Å². The van der Waals surface area contributed by atoms with Gasteiger partial charge in [0, 0.05) is 25.3 Å². The lowest BCUT2D eigenvalue weighted by Gasteiger charge is -2.37. The number of nitrogens with zero attached hydrogens (tertiary/aromatic N) is 1. The molecule has 1 rings (SSSR count). The summed E-state index contributed by atoms with van der Waals surface area (Å²) in [6.07, 6.45) is 3.72. The maximum Gasteiger partial charge on any atom is 0.0368 e. The van der Waals surface area contributed by atoms with Crippen LogP contribution in [0.1, 0.15) is 52.5 Å². The van der Waals surface area contributed by atoms with E-state index in [0.29, 0.717) is 5.41 Å². The molecule has 1 aromatic carbocycles. The van der Waals surface area contributed by atoms with Gasteiger partial charge in [0.1, 0.15) is 0 Å². The molecule has 0 radical (unpaired) electrons. The summed E-state index contributed by atoms with van der Waals surface area (Å²) in [7, 11) is 0. The third-order valence-corrected chi connectivity index (χ3v) is 4.15. The summed E-state index contributed by atoms with van der Waals surface area (Å²) >= 11 is 0. The van der Waals surface area contributed by atoms with Crippen molar-refractivity contribution in [2.45, 2.75) is 53.9 Å². The van der Waals surface area contributed by atoms with Gasteiger partial charge in [-0.05, 0) is 56.3 Å². The highest BCUT2D eigenvalue weighted by Crippen LogP contribution is 2.27. The Morgan fingerprint density at radius 2 is 1.90 bits per heavy atom. The molecule has 2 heteroatoms. The summed E-state index contributed by atoms with van der Waals surface area (Å²) < 4.78 is 0. The van der Waals surface area contributed by atoms with Gasteiger partial charge in [0.05, 0.1) is 0 Å². The standard InChI is InChI=1S/C19H34N2/c1-6-12-19(5,15-20-13-7-2)16-21(8-3)18-11-9-10-17(4)14-18/h9-11,14,20H,6-8,12-13,15-16H2,1-5H3. The van der Waals surface area contributed by atoms with Gasteiger partial charge in [-0.2, -0.15) is 0 Å². The van der Waals surface area contributed by atoms with Crippen molar-refractivity contribution < 1.29 is 0 Å². The van der Waals surface area contributed by atoms with Gasteiger partial charge < -0.3 is 10.2 Å². The molecule has 0 aromatic heterocycles. The van der Waals surface area contributed by atoms with E-state index in [9.17, 15) is 0 Å². The van der Waals surface area contributed by atoms with Gasteiger partial charge in [0.2, 0.25) is 0 Å². The minimum Gasteiger partial charge on any atom is -0.371 e. The molecule has 0 heterocycles. The van der Waals surface area contributed by atoms with Gasteiger partial charge in [-0.25, -0.2) is 0 Å². The van der Waals surface area contributed by atoms with Gasteiger partial charge in [-0.15, -0.1) is 0 Å². The van der Waals surface area contributed by atoms with Crippen LogP contribution in [0.15, 0.2) is 24.3 Å². The third kappa shape index (κ3) is 6.09. The van der Waals surface area contributed by atoms with Crippen molar-refractivity contribution in [1.29, 1.82) is 0 Å². The van der Waals surface area contributed by atoms with Gasteiger partial charge >= 0.3 is 0 Å². The fourth-order valence-corrected chi connectivity index (χ4v) is 3.06. The molecular formula is C19H34N2. The molecule has 0 amide bonds. The SMILES string of the molecule is CCCNCC(C)(CCC)CN(CC)c1cccc(C)c1. The first-order valence-corrected chi connectivity index (χ1v) is 8.57. The molecule has 1 aromatic rings. The van der Waals surface area contributed by atoms with Crippen LogP contribution < -0.4 is 10.2 Å². The topological polar surface area (TPSA) is 15.3 Å². The summed E-state index contributed by atoms with van der Waals surface area (Å²) in [5.74, 6) is 0. The highest BCUT2D eigenvalue weighted by atomic mass is 15.1. The lowest BCUT2D eigenvalue weighted by atomic mass is 9.84. The highest BCUT2D eigenvalue weighted by molar-refractivity contribution is 5.48. The number of benzene rings is 1. The zero-order chi connectivity index (χ0) is 15.7. The average Bonchev–Trinajstić information content (AvgIpc) is 2.45. The molecule has 0 saturated carbocycles. The number of nitrogens with one attached hydrogen (secondary N) is 1. The fourth-order valence-electron chi connectivity index (χ4n) is 3.06. The van der Waals surface area contributed by atoms with E-state index in [4.69, 9.17) is 0 Å². The predicted molar refractivity (Wildman–Crippen MR) is 95.2 cm³/mol. The van der Waals surface area contributed by atoms with Crippen molar-refractivity contribution in [3.63, 3.8) is 0 Å². The molecule has 0 aliphatic carbocycles. The van der Waals surface area contributed by atoms with Crippen molar-refractivity contribution in [1.82, 2.24) is 5.32 Å². The Balaban J connectivity index is 2.78. The first kappa shape index (κ1) is 18.0. The van der Waals surface area contributed by atoms with Crippen LogP contribution >= 0.6 is 0 Å². The Morgan fingerprint density at radius 1 is 1.14 bits per heavy atom. The molecule has 0 bridgehead atoms. The summed E-state index contributed by atoms with van der Waals surface area (Å²) in [6.45, 7) is 15.8. The largest absolute Gasteiger partial charge is 0.371 e. The molecule has 1 unspecified atom stereocenters. The number of rotatable bonds is 10. The van der Waals surface area contributed by atoms with Crippen LogP contribution in [-0.2, 0) is 0 Å².